The van der Waals surface area contributed by atoms with E-state index in [1.807, 2.05) is 13.8 Å². The van der Waals surface area contributed by atoms with Gasteiger partial charge in [0, 0.05) is 13.2 Å². The molecular formula is C19H23N4O4P. The molecule has 1 aliphatic rings. The van der Waals surface area contributed by atoms with Crippen LogP contribution in [0.25, 0.3) is 11.3 Å². The summed E-state index contributed by atoms with van der Waals surface area (Å²) < 4.78 is 21.7. The first-order valence-electron chi connectivity index (χ1n) is 9.10. The number of hydrogen-bond acceptors (Lipinski definition) is 5. The van der Waals surface area contributed by atoms with Crippen LogP contribution in [0.2, 0.25) is 0 Å². The predicted molar refractivity (Wildman–Crippen MR) is 111 cm³/mol. The summed E-state index contributed by atoms with van der Waals surface area (Å²) in [5, 5.41) is 6.18. The summed E-state index contributed by atoms with van der Waals surface area (Å²) in [5.74, 6) is 0.0924. The van der Waals surface area contributed by atoms with Gasteiger partial charge in [0.05, 0.1) is 17.6 Å². The molecular weight excluding hydrogens is 379 g/mol. The fourth-order valence-electron chi connectivity index (χ4n) is 3.13. The normalized spacial score (nSPS) is 19.9. The Morgan fingerprint density at radius 3 is 2.54 bits per heavy atom. The number of nitrogens with one attached hydrogen (secondary N) is 2. The maximum Gasteiger partial charge on any atom is 0.327 e. The van der Waals surface area contributed by atoms with Crippen molar-refractivity contribution < 1.29 is 9.09 Å². The van der Waals surface area contributed by atoms with Crippen LogP contribution >= 0.6 is 7.52 Å². The highest BCUT2D eigenvalue weighted by molar-refractivity contribution is 7.66. The van der Waals surface area contributed by atoms with E-state index < -0.39 is 18.5 Å². The number of aromatic nitrogens is 2. The number of anilines is 1. The molecule has 2 aromatic heterocycles. The van der Waals surface area contributed by atoms with Crippen LogP contribution in [0, 0.1) is 0 Å². The predicted octanol–water partition coefficient (Wildman–Crippen LogP) is 1.38. The van der Waals surface area contributed by atoms with Gasteiger partial charge in [-0.2, -0.15) is 0 Å². The molecule has 0 spiro atoms. The molecule has 2 N–H and O–H groups in total. The van der Waals surface area contributed by atoms with E-state index in [9.17, 15) is 14.2 Å². The van der Waals surface area contributed by atoms with E-state index in [1.165, 1.54) is 9.20 Å². The number of para-hydroxylation sites is 1. The molecule has 3 heterocycles. The second kappa shape index (κ2) is 7.66. The van der Waals surface area contributed by atoms with Gasteiger partial charge in [0.2, 0.25) is 5.43 Å². The molecule has 1 atom stereocenters. The molecule has 0 aliphatic carbocycles. The first-order chi connectivity index (χ1) is 13.5. The third-order valence-electron chi connectivity index (χ3n) is 4.32. The first kappa shape index (κ1) is 19.9. The molecule has 3 aromatic rings. The summed E-state index contributed by atoms with van der Waals surface area (Å²) in [5.41, 5.74) is -0.0651. The molecule has 8 nitrogen and oxygen atoms in total. The Morgan fingerprint density at radius 2 is 1.82 bits per heavy atom. The third-order valence-corrected chi connectivity index (χ3v) is 6.48. The highest BCUT2D eigenvalue weighted by atomic mass is 31.2. The van der Waals surface area contributed by atoms with Crippen molar-refractivity contribution in [1.82, 2.24) is 14.3 Å². The average Bonchev–Trinajstić information content (AvgIpc) is 3.19. The standard InChI is InChI=1S/C17H17N4O4P.C2H6/c1-3-25-26(24)13-9-5-4-7-11(13)18-16(19-26)14-15(22)12-8-6-10-21(12)20(2)17(14)23;1-2/h4-10,18H,3H2,1-2H3,(H,19,24);1-2H3. The lowest BCUT2D eigenvalue weighted by Gasteiger charge is -2.29. The zero-order valence-electron chi connectivity index (χ0n) is 16.2. The van der Waals surface area contributed by atoms with Crippen molar-refractivity contribution in [1.29, 1.82) is 0 Å². The van der Waals surface area contributed by atoms with Crippen molar-refractivity contribution in [2.24, 2.45) is 7.05 Å². The molecule has 4 rings (SSSR count). The highest BCUT2D eigenvalue weighted by Crippen LogP contribution is 2.47. The van der Waals surface area contributed by atoms with Crippen molar-refractivity contribution in [2.75, 3.05) is 11.9 Å². The molecule has 148 valence electrons. The van der Waals surface area contributed by atoms with Gasteiger partial charge in [0.15, 0.2) is 0 Å². The van der Waals surface area contributed by atoms with Crippen molar-refractivity contribution in [3.05, 3.63) is 68.4 Å². The molecule has 9 heteroatoms. The Hall–Kier alpha value is -2.83. The monoisotopic (exact) mass is 402 g/mol. The van der Waals surface area contributed by atoms with E-state index in [0.29, 0.717) is 16.5 Å². The van der Waals surface area contributed by atoms with Crippen molar-refractivity contribution in [2.45, 2.75) is 20.8 Å². The van der Waals surface area contributed by atoms with E-state index >= 15 is 0 Å². The lowest BCUT2D eigenvalue weighted by Crippen LogP contribution is -2.51. The Morgan fingerprint density at radius 1 is 1.11 bits per heavy atom. The minimum Gasteiger partial charge on any atom is -0.340 e. The Bertz CT molecular complexity index is 1250. The topological polar surface area (TPSA) is 93.8 Å². The number of aryl methyl sites for hydroxylation is 1. The van der Waals surface area contributed by atoms with E-state index in [-0.39, 0.29) is 17.6 Å². The summed E-state index contributed by atoms with van der Waals surface area (Å²) in [6, 6.07) is 10.3. The first-order valence-corrected chi connectivity index (χ1v) is 10.7. The smallest absolute Gasteiger partial charge is 0.327 e. The number of fused-ring (bicyclic) bond motifs is 2. The summed E-state index contributed by atoms with van der Waals surface area (Å²) in [6.07, 6.45) is 1.63. The molecule has 1 unspecified atom stereocenters. The average molecular weight is 402 g/mol. The van der Waals surface area contributed by atoms with E-state index in [4.69, 9.17) is 4.52 Å². The van der Waals surface area contributed by atoms with Gasteiger partial charge in [-0.1, -0.05) is 26.0 Å². The van der Waals surface area contributed by atoms with Gasteiger partial charge in [-0.25, -0.2) is 4.68 Å². The minimum atomic E-state index is -3.47. The van der Waals surface area contributed by atoms with E-state index in [1.54, 1.807) is 56.6 Å². The van der Waals surface area contributed by atoms with Crippen molar-refractivity contribution in [3.63, 3.8) is 0 Å². The molecule has 1 aromatic carbocycles. The number of benzene rings is 1. The van der Waals surface area contributed by atoms with Crippen LogP contribution in [0.3, 0.4) is 0 Å². The zero-order valence-corrected chi connectivity index (χ0v) is 17.1. The number of rotatable bonds is 2. The summed E-state index contributed by atoms with van der Waals surface area (Å²) >= 11 is 0. The highest BCUT2D eigenvalue weighted by Gasteiger charge is 2.34. The Balaban J connectivity index is 0.00000109. The maximum absolute atomic E-state index is 13.4. The quantitative estimate of drug-likeness (QED) is 0.629. The van der Waals surface area contributed by atoms with Crippen molar-refractivity contribution >= 4 is 29.8 Å². The SMILES string of the molecule is CC.CCOP1(=O)NC(=c2c(=O)c3cccn3n(C)c2=O)Nc2ccccc21. The van der Waals surface area contributed by atoms with Crippen LogP contribution in [0.5, 0.6) is 0 Å². The number of nitrogens with zero attached hydrogens (tertiary/aromatic N) is 2. The summed E-state index contributed by atoms with van der Waals surface area (Å²) in [4.78, 5) is 25.7. The van der Waals surface area contributed by atoms with Gasteiger partial charge in [0.1, 0.15) is 16.6 Å². The Labute approximate surface area is 161 Å². The molecule has 1 aliphatic heterocycles. The molecule has 0 radical (unpaired) electrons. The van der Waals surface area contributed by atoms with Crippen LogP contribution in [0.15, 0.2) is 52.2 Å². The van der Waals surface area contributed by atoms with Crippen LogP contribution in [0.1, 0.15) is 20.8 Å². The van der Waals surface area contributed by atoms with Crippen LogP contribution in [-0.4, -0.2) is 15.8 Å². The van der Waals surface area contributed by atoms with Crippen LogP contribution in [-0.2, 0) is 16.1 Å². The largest absolute Gasteiger partial charge is 0.340 e. The van der Waals surface area contributed by atoms with E-state index in [2.05, 4.69) is 10.4 Å². The molecule has 28 heavy (non-hydrogen) atoms. The maximum atomic E-state index is 13.4. The van der Waals surface area contributed by atoms with Gasteiger partial charge < -0.3 is 9.84 Å². The molecule has 0 saturated heterocycles. The Kier molecular flexibility index (Phi) is 5.45. The van der Waals surface area contributed by atoms with Crippen LogP contribution in [0.4, 0.5) is 5.69 Å². The van der Waals surface area contributed by atoms with Crippen molar-refractivity contribution in [3.8, 4) is 0 Å². The fraction of sp³-hybridized carbons (Fsp3) is 0.263. The fourth-order valence-corrected chi connectivity index (χ4v) is 5.01. The van der Waals surface area contributed by atoms with Gasteiger partial charge in [-0.15, -0.1) is 0 Å². The third kappa shape index (κ3) is 3.04. The number of hydrogen-bond donors (Lipinski definition) is 2. The van der Waals surface area contributed by atoms with Gasteiger partial charge in [0.25, 0.3) is 5.56 Å². The minimum absolute atomic E-state index is 0.0924. The van der Waals surface area contributed by atoms with Gasteiger partial charge in [-0.05, 0) is 31.2 Å². The molecule has 0 bridgehead atoms. The lowest BCUT2D eigenvalue weighted by atomic mass is 10.3. The zero-order chi connectivity index (χ0) is 20.5. The van der Waals surface area contributed by atoms with E-state index in [0.717, 1.165) is 0 Å². The molecule has 0 saturated carbocycles. The second-order valence-electron chi connectivity index (χ2n) is 5.87. The van der Waals surface area contributed by atoms with Gasteiger partial charge in [-0.3, -0.25) is 23.8 Å². The second-order valence-corrected chi connectivity index (χ2v) is 7.94. The summed E-state index contributed by atoms with van der Waals surface area (Å²) in [7, 11) is -1.90. The van der Waals surface area contributed by atoms with Gasteiger partial charge >= 0.3 is 7.52 Å². The molecule has 0 fully saturated rings. The molecule has 0 amide bonds. The summed E-state index contributed by atoms with van der Waals surface area (Å²) in [6.45, 7) is 5.95. The lowest BCUT2D eigenvalue weighted by molar-refractivity contribution is 0.336. The van der Waals surface area contributed by atoms with Crippen LogP contribution < -0.4 is 31.9 Å².